The molecule has 0 heterocycles. The normalized spacial score (nSPS) is 9.76. The summed E-state index contributed by atoms with van der Waals surface area (Å²) in [6.07, 6.45) is 3.04. The first-order valence-corrected chi connectivity index (χ1v) is 5.77. The van der Waals surface area contributed by atoms with E-state index in [1.807, 2.05) is 25.1 Å². The Morgan fingerprint density at radius 1 is 1.53 bits per heavy atom. The highest BCUT2D eigenvalue weighted by Crippen LogP contribution is 2.21. The van der Waals surface area contributed by atoms with Gasteiger partial charge >= 0.3 is 0 Å². The Bertz CT molecular complexity index is 399. The summed E-state index contributed by atoms with van der Waals surface area (Å²) in [6.45, 7) is 6.44. The molecule has 1 aromatic carbocycles. The second-order valence-electron chi connectivity index (χ2n) is 3.80. The van der Waals surface area contributed by atoms with Crippen LogP contribution >= 0.6 is 0 Å². The fourth-order valence-corrected chi connectivity index (χ4v) is 1.53. The van der Waals surface area contributed by atoms with Crippen LogP contribution in [0.4, 0.5) is 0 Å². The first-order chi connectivity index (χ1) is 8.21. The molecule has 0 unspecified atom stereocenters. The topological polar surface area (TPSA) is 38.3 Å². The Balaban J connectivity index is 2.76. The van der Waals surface area contributed by atoms with E-state index in [1.54, 1.807) is 13.2 Å². The quantitative estimate of drug-likeness (QED) is 0.819. The molecule has 0 fully saturated rings. The Labute approximate surface area is 102 Å². The van der Waals surface area contributed by atoms with Crippen molar-refractivity contribution in [2.75, 3.05) is 13.7 Å². The van der Waals surface area contributed by atoms with Crippen LogP contribution in [0.5, 0.6) is 5.75 Å². The van der Waals surface area contributed by atoms with Crippen molar-refractivity contribution in [1.82, 2.24) is 5.32 Å². The van der Waals surface area contributed by atoms with Crippen LogP contribution < -0.4 is 10.1 Å². The van der Waals surface area contributed by atoms with Gasteiger partial charge in [0, 0.05) is 12.1 Å². The van der Waals surface area contributed by atoms with E-state index in [0.29, 0.717) is 13.0 Å². The predicted octanol–water partition coefficient (Wildman–Crippen LogP) is 2.41. The smallest absolute Gasteiger partial charge is 0.224 e. The van der Waals surface area contributed by atoms with Gasteiger partial charge in [0.25, 0.3) is 0 Å². The molecule has 3 heteroatoms. The molecule has 0 aliphatic carbocycles. The number of nitrogens with one attached hydrogen (secondary N) is 1. The third kappa shape index (κ3) is 3.94. The van der Waals surface area contributed by atoms with Gasteiger partial charge in [-0.1, -0.05) is 31.7 Å². The molecule has 0 radical (unpaired) electrons. The molecule has 0 spiro atoms. The van der Waals surface area contributed by atoms with E-state index in [0.717, 1.165) is 23.3 Å². The minimum absolute atomic E-state index is 0.0245. The van der Waals surface area contributed by atoms with Gasteiger partial charge in [-0.2, -0.15) is 0 Å². The van der Waals surface area contributed by atoms with Crippen molar-refractivity contribution in [2.24, 2.45) is 0 Å². The van der Waals surface area contributed by atoms with Crippen LogP contribution in [0.25, 0.3) is 6.08 Å². The van der Waals surface area contributed by atoms with Gasteiger partial charge in [-0.3, -0.25) is 4.79 Å². The van der Waals surface area contributed by atoms with E-state index in [2.05, 4.69) is 11.9 Å². The number of amides is 1. The Hall–Kier alpha value is -1.77. The summed E-state index contributed by atoms with van der Waals surface area (Å²) >= 11 is 0. The summed E-state index contributed by atoms with van der Waals surface area (Å²) in [5, 5.41) is 2.85. The van der Waals surface area contributed by atoms with E-state index in [1.165, 1.54) is 0 Å². The third-order valence-corrected chi connectivity index (χ3v) is 2.47. The molecule has 1 amide bonds. The number of ether oxygens (including phenoxy) is 1. The molecule has 0 atom stereocenters. The summed E-state index contributed by atoms with van der Waals surface area (Å²) in [4.78, 5) is 11.6. The Morgan fingerprint density at radius 3 is 2.88 bits per heavy atom. The molecule has 1 N–H and O–H groups in total. The molecule has 0 aliphatic heterocycles. The van der Waals surface area contributed by atoms with Crippen LogP contribution in [0.15, 0.2) is 24.8 Å². The molecule has 92 valence electrons. The molecule has 3 nitrogen and oxygen atoms in total. The molecule has 17 heavy (non-hydrogen) atoms. The van der Waals surface area contributed by atoms with E-state index in [4.69, 9.17) is 4.74 Å². The number of benzene rings is 1. The zero-order valence-electron chi connectivity index (χ0n) is 10.5. The van der Waals surface area contributed by atoms with Crippen LogP contribution in [-0.4, -0.2) is 19.6 Å². The second-order valence-corrected chi connectivity index (χ2v) is 3.80. The molecule has 0 saturated heterocycles. The van der Waals surface area contributed by atoms with Crippen molar-refractivity contribution in [3.05, 3.63) is 35.9 Å². The number of rotatable bonds is 6. The highest BCUT2D eigenvalue weighted by atomic mass is 16.5. The van der Waals surface area contributed by atoms with Gasteiger partial charge < -0.3 is 10.1 Å². The van der Waals surface area contributed by atoms with Crippen molar-refractivity contribution in [2.45, 2.75) is 19.8 Å². The highest BCUT2D eigenvalue weighted by Gasteiger charge is 2.08. The van der Waals surface area contributed by atoms with Gasteiger partial charge in [0.1, 0.15) is 5.75 Å². The average Bonchev–Trinajstić information content (AvgIpc) is 2.36. The number of carbonyl (C=O) groups excluding carboxylic acids is 1. The van der Waals surface area contributed by atoms with Crippen molar-refractivity contribution < 1.29 is 9.53 Å². The molecular weight excluding hydrogens is 214 g/mol. The number of hydrogen-bond acceptors (Lipinski definition) is 2. The second kappa shape index (κ2) is 6.74. The summed E-state index contributed by atoms with van der Waals surface area (Å²) < 4.78 is 5.27. The first-order valence-electron chi connectivity index (χ1n) is 5.77. The van der Waals surface area contributed by atoms with Crippen molar-refractivity contribution in [3.63, 3.8) is 0 Å². The van der Waals surface area contributed by atoms with Gasteiger partial charge in [-0.15, -0.1) is 0 Å². The summed E-state index contributed by atoms with van der Waals surface area (Å²) in [6, 6.07) is 5.72. The Kier molecular flexibility index (Phi) is 5.27. The van der Waals surface area contributed by atoms with Crippen molar-refractivity contribution in [3.8, 4) is 5.75 Å². The van der Waals surface area contributed by atoms with Crippen LogP contribution in [0.2, 0.25) is 0 Å². The lowest BCUT2D eigenvalue weighted by Gasteiger charge is -2.09. The molecular formula is C14H19NO2. The van der Waals surface area contributed by atoms with Crippen LogP contribution in [0.3, 0.4) is 0 Å². The van der Waals surface area contributed by atoms with Crippen LogP contribution in [0.1, 0.15) is 24.5 Å². The first kappa shape index (κ1) is 13.3. The Morgan fingerprint density at radius 2 is 2.29 bits per heavy atom. The van der Waals surface area contributed by atoms with E-state index >= 15 is 0 Å². The highest BCUT2D eigenvalue weighted by molar-refractivity contribution is 5.79. The van der Waals surface area contributed by atoms with Gasteiger partial charge in [-0.25, -0.2) is 0 Å². The predicted molar refractivity (Wildman–Crippen MR) is 70.1 cm³/mol. The van der Waals surface area contributed by atoms with Gasteiger partial charge in [0.15, 0.2) is 0 Å². The zero-order valence-corrected chi connectivity index (χ0v) is 10.5. The van der Waals surface area contributed by atoms with Gasteiger partial charge in [-0.05, 0) is 18.1 Å². The molecule has 0 bridgehead atoms. The van der Waals surface area contributed by atoms with E-state index in [-0.39, 0.29) is 5.91 Å². The summed E-state index contributed by atoms with van der Waals surface area (Å²) in [5.74, 6) is 0.755. The average molecular weight is 233 g/mol. The van der Waals surface area contributed by atoms with Crippen molar-refractivity contribution in [1.29, 1.82) is 0 Å². The largest absolute Gasteiger partial charge is 0.496 e. The molecule has 0 aliphatic rings. The maximum atomic E-state index is 11.6. The minimum Gasteiger partial charge on any atom is -0.496 e. The standard InChI is InChI=1S/C14H19NO2/c1-4-8-15-14(16)10-12-7-6-11(5-2)9-13(12)17-3/h5-7,9H,2,4,8,10H2,1,3H3,(H,15,16). The van der Waals surface area contributed by atoms with Gasteiger partial charge in [0.05, 0.1) is 13.5 Å². The number of hydrogen-bond donors (Lipinski definition) is 1. The van der Waals surface area contributed by atoms with Gasteiger partial charge in [0.2, 0.25) is 5.91 Å². The molecule has 0 aromatic heterocycles. The maximum Gasteiger partial charge on any atom is 0.224 e. The lowest BCUT2D eigenvalue weighted by molar-refractivity contribution is -0.120. The lowest BCUT2D eigenvalue weighted by atomic mass is 10.1. The van der Waals surface area contributed by atoms with Crippen molar-refractivity contribution >= 4 is 12.0 Å². The molecule has 0 saturated carbocycles. The lowest BCUT2D eigenvalue weighted by Crippen LogP contribution is -2.25. The molecule has 1 aromatic rings. The third-order valence-electron chi connectivity index (χ3n) is 2.47. The monoisotopic (exact) mass is 233 g/mol. The number of methoxy groups -OCH3 is 1. The zero-order chi connectivity index (χ0) is 12.7. The van der Waals surface area contributed by atoms with E-state index < -0.39 is 0 Å². The van der Waals surface area contributed by atoms with Crippen LogP contribution in [-0.2, 0) is 11.2 Å². The maximum absolute atomic E-state index is 11.6. The fourth-order valence-electron chi connectivity index (χ4n) is 1.53. The fraction of sp³-hybridized carbons (Fsp3) is 0.357. The SMILES string of the molecule is C=Cc1ccc(CC(=O)NCCC)c(OC)c1. The summed E-state index contributed by atoms with van der Waals surface area (Å²) in [5.41, 5.74) is 1.88. The number of carbonyl (C=O) groups is 1. The summed E-state index contributed by atoms with van der Waals surface area (Å²) in [7, 11) is 1.61. The minimum atomic E-state index is 0.0245. The van der Waals surface area contributed by atoms with Crippen LogP contribution in [0, 0.1) is 0 Å². The van der Waals surface area contributed by atoms with E-state index in [9.17, 15) is 4.79 Å². The molecule has 1 rings (SSSR count).